The van der Waals surface area contributed by atoms with Crippen molar-refractivity contribution in [3.63, 3.8) is 0 Å². The second-order valence-electron chi connectivity index (χ2n) is 7.84. The number of nitrogens with one attached hydrogen (secondary N) is 2. The Kier molecular flexibility index (Phi) is 6.46. The summed E-state index contributed by atoms with van der Waals surface area (Å²) in [4.78, 5) is 10.2. The van der Waals surface area contributed by atoms with E-state index < -0.39 is 11.2 Å². The summed E-state index contributed by atoms with van der Waals surface area (Å²) in [7, 11) is 0. The topological polar surface area (TPSA) is 67.0 Å². The predicted octanol–water partition coefficient (Wildman–Crippen LogP) is 4.27. The molecular weight excluding hydrogens is 392 g/mol. The van der Waals surface area contributed by atoms with E-state index in [-0.39, 0.29) is 0 Å². The summed E-state index contributed by atoms with van der Waals surface area (Å²) in [6.45, 7) is 10.9. The minimum Gasteiger partial charge on any atom is -0.609 e. The first kappa shape index (κ1) is 21.0. The number of aryl methyl sites for hydroxylation is 2. The van der Waals surface area contributed by atoms with Gasteiger partial charge < -0.3 is 14.8 Å². The van der Waals surface area contributed by atoms with Crippen molar-refractivity contribution in [3.8, 4) is 0 Å². The molecule has 3 aromatic rings. The van der Waals surface area contributed by atoms with Gasteiger partial charge in [0, 0.05) is 49.0 Å². The van der Waals surface area contributed by atoms with Crippen molar-refractivity contribution in [1.82, 2.24) is 15.3 Å². The highest BCUT2D eigenvalue weighted by Crippen LogP contribution is 2.37. The lowest BCUT2D eigenvalue weighted by Gasteiger charge is -2.37. The summed E-state index contributed by atoms with van der Waals surface area (Å²) in [5.41, 5.74) is 6.89. The van der Waals surface area contributed by atoms with Crippen LogP contribution in [0.2, 0.25) is 0 Å². The second kappa shape index (κ2) is 9.25. The Morgan fingerprint density at radius 3 is 3.03 bits per heavy atom. The normalized spacial score (nSPS) is 17.2. The van der Waals surface area contributed by atoms with Crippen LogP contribution in [0, 0.1) is 6.92 Å². The number of nitrogens with zero attached hydrogens (tertiary/aromatic N) is 2. The summed E-state index contributed by atoms with van der Waals surface area (Å²) in [5.74, 6) is 0.553. The van der Waals surface area contributed by atoms with Gasteiger partial charge in [-0.25, -0.2) is 0 Å². The van der Waals surface area contributed by atoms with Gasteiger partial charge in [-0.15, -0.1) is 6.58 Å². The molecule has 0 saturated carbocycles. The molecule has 30 heavy (non-hydrogen) atoms. The van der Waals surface area contributed by atoms with Gasteiger partial charge in [0.05, 0.1) is 11.0 Å². The number of hydrogen-bond donors (Lipinski definition) is 2. The third kappa shape index (κ3) is 4.26. The van der Waals surface area contributed by atoms with Crippen LogP contribution in [0.4, 0.5) is 5.69 Å². The van der Waals surface area contributed by atoms with Crippen LogP contribution in [0.15, 0.2) is 54.2 Å². The van der Waals surface area contributed by atoms with Crippen LogP contribution in [0.5, 0.6) is 0 Å². The second-order valence-corrected chi connectivity index (χ2v) is 9.32. The molecule has 5 nitrogen and oxygen atoms in total. The standard InChI is InChI=1S/C24H30N4OS/c1-4-13-25-20-11-14-28(5-2)23-18(7-6-8-19(20)23)12-15-30(29)24-26-21-10-9-17(3)16-22(21)27-24/h4,6-10,16,20,25H,1,5,11-15H2,2-3H3,(H,26,27). The predicted molar refractivity (Wildman–Crippen MR) is 126 cm³/mol. The molecule has 0 fully saturated rings. The Bertz CT molecular complexity index is 1030. The quantitative estimate of drug-likeness (QED) is 0.420. The van der Waals surface area contributed by atoms with E-state index in [1.54, 1.807) is 0 Å². The van der Waals surface area contributed by atoms with Crippen molar-refractivity contribution in [2.24, 2.45) is 0 Å². The van der Waals surface area contributed by atoms with Gasteiger partial charge >= 0.3 is 5.16 Å². The van der Waals surface area contributed by atoms with E-state index in [1.165, 1.54) is 16.8 Å². The fraction of sp³-hybridized carbons (Fsp3) is 0.375. The Morgan fingerprint density at radius 1 is 1.37 bits per heavy atom. The maximum atomic E-state index is 13.0. The van der Waals surface area contributed by atoms with Crippen molar-refractivity contribution in [2.45, 2.75) is 37.9 Å². The minimum atomic E-state index is -1.16. The molecule has 2 aromatic carbocycles. The van der Waals surface area contributed by atoms with E-state index in [2.05, 4.69) is 51.9 Å². The van der Waals surface area contributed by atoms with Crippen molar-refractivity contribution >= 4 is 27.9 Å². The number of imidazole rings is 1. The minimum absolute atomic E-state index is 0.338. The molecule has 2 heterocycles. The first-order valence-electron chi connectivity index (χ1n) is 10.7. The Labute approximate surface area is 181 Å². The van der Waals surface area contributed by atoms with Gasteiger partial charge in [0.2, 0.25) is 0 Å². The van der Waals surface area contributed by atoms with Crippen LogP contribution in [-0.2, 0) is 17.6 Å². The molecule has 0 amide bonds. The Morgan fingerprint density at radius 2 is 2.23 bits per heavy atom. The molecule has 1 aliphatic heterocycles. The third-order valence-corrected chi connectivity index (χ3v) is 7.01. The number of aromatic amines is 1. The van der Waals surface area contributed by atoms with E-state index in [4.69, 9.17) is 0 Å². The van der Waals surface area contributed by atoms with Gasteiger partial charge in [-0.1, -0.05) is 30.3 Å². The van der Waals surface area contributed by atoms with Crippen LogP contribution >= 0.6 is 0 Å². The highest BCUT2D eigenvalue weighted by molar-refractivity contribution is 7.91. The maximum Gasteiger partial charge on any atom is 0.321 e. The highest BCUT2D eigenvalue weighted by atomic mass is 32.2. The number of H-pyrrole nitrogens is 1. The lowest BCUT2D eigenvalue weighted by atomic mass is 9.92. The first-order chi connectivity index (χ1) is 14.6. The number of rotatable bonds is 8. The molecule has 1 aromatic heterocycles. The smallest absolute Gasteiger partial charge is 0.321 e. The van der Waals surface area contributed by atoms with Crippen molar-refractivity contribution < 1.29 is 4.55 Å². The molecule has 0 radical (unpaired) electrons. The highest BCUT2D eigenvalue weighted by Gasteiger charge is 2.27. The van der Waals surface area contributed by atoms with Crippen molar-refractivity contribution in [2.75, 3.05) is 30.3 Å². The van der Waals surface area contributed by atoms with Crippen LogP contribution < -0.4 is 10.2 Å². The van der Waals surface area contributed by atoms with Crippen molar-refractivity contribution in [1.29, 1.82) is 0 Å². The lowest BCUT2D eigenvalue weighted by Crippen LogP contribution is -2.36. The van der Waals surface area contributed by atoms with Gasteiger partial charge in [-0.05, 0) is 49.1 Å². The number of para-hydroxylation sites is 1. The zero-order chi connectivity index (χ0) is 21.1. The number of fused-ring (bicyclic) bond motifs is 2. The fourth-order valence-electron chi connectivity index (χ4n) is 4.29. The van der Waals surface area contributed by atoms with E-state index in [1.807, 2.05) is 31.2 Å². The molecule has 0 aliphatic carbocycles. The molecule has 0 spiro atoms. The molecule has 2 atom stereocenters. The van der Waals surface area contributed by atoms with E-state index in [9.17, 15) is 4.55 Å². The average molecular weight is 423 g/mol. The molecule has 0 bridgehead atoms. The number of hydrogen-bond acceptors (Lipinski definition) is 4. The zero-order valence-electron chi connectivity index (χ0n) is 17.8. The van der Waals surface area contributed by atoms with E-state index >= 15 is 0 Å². The Balaban J connectivity index is 1.54. The fourth-order valence-corrected chi connectivity index (χ4v) is 5.31. The molecule has 1 aliphatic rings. The zero-order valence-corrected chi connectivity index (χ0v) is 18.6. The van der Waals surface area contributed by atoms with Gasteiger partial charge in [0.15, 0.2) is 0 Å². The monoisotopic (exact) mass is 422 g/mol. The van der Waals surface area contributed by atoms with Gasteiger partial charge in [-0.2, -0.15) is 4.98 Å². The molecular formula is C24H30N4OS. The summed E-state index contributed by atoms with van der Waals surface area (Å²) in [6.07, 6.45) is 3.76. The number of anilines is 1. The maximum absolute atomic E-state index is 13.0. The van der Waals surface area contributed by atoms with E-state index in [0.717, 1.165) is 49.1 Å². The molecule has 6 heteroatoms. The molecule has 158 valence electrons. The van der Waals surface area contributed by atoms with Crippen LogP contribution in [0.3, 0.4) is 0 Å². The molecule has 2 unspecified atom stereocenters. The SMILES string of the molecule is C=CCNC1CCN(CC)c2c(CC[S+]([O-])c3nc4cc(C)ccc4[nH]3)cccc21. The summed E-state index contributed by atoms with van der Waals surface area (Å²) in [5, 5.41) is 4.16. The number of aromatic nitrogens is 2. The van der Waals surface area contributed by atoms with Crippen LogP contribution in [0.1, 0.15) is 36.1 Å². The Hall–Kier alpha value is -2.28. The van der Waals surface area contributed by atoms with E-state index in [0.29, 0.717) is 17.0 Å². The van der Waals surface area contributed by atoms with Crippen LogP contribution in [-0.4, -0.2) is 39.9 Å². The third-order valence-electron chi connectivity index (χ3n) is 5.81. The summed E-state index contributed by atoms with van der Waals surface area (Å²) >= 11 is -1.16. The van der Waals surface area contributed by atoms with Crippen LogP contribution in [0.25, 0.3) is 11.0 Å². The summed E-state index contributed by atoms with van der Waals surface area (Å²) in [6, 6.07) is 12.9. The first-order valence-corrected chi connectivity index (χ1v) is 12.0. The van der Waals surface area contributed by atoms with Gasteiger partial charge in [0.25, 0.3) is 0 Å². The molecule has 4 rings (SSSR count). The number of benzene rings is 2. The van der Waals surface area contributed by atoms with Gasteiger partial charge in [-0.3, -0.25) is 4.98 Å². The van der Waals surface area contributed by atoms with Crippen molar-refractivity contribution in [3.05, 3.63) is 65.7 Å². The largest absolute Gasteiger partial charge is 0.609 e. The average Bonchev–Trinajstić information content (AvgIpc) is 3.19. The summed E-state index contributed by atoms with van der Waals surface area (Å²) < 4.78 is 13.0. The van der Waals surface area contributed by atoms with Gasteiger partial charge in [0.1, 0.15) is 5.75 Å². The lowest BCUT2D eigenvalue weighted by molar-refractivity contribution is 0.501. The molecule has 0 saturated heterocycles. The molecule has 2 N–H and O–H groups in total.